The number of nitrogens with zero attached hydrogens (tertiary/aromatic N) is 1. The minimum absolute atomic E-state index is 0.130. The highest BCUT2D eigenvalue weighted by molar-refractivity contribution is 5.75. The summed E-state index contributed by atoms with van der Waals surface area (Å²) in [6, 6.07) is -0.437. The van der Waals surface area contributed by atoms with Gasteiger partial charge in [-0.2, -0.15) is 0 Å². The Morgan fingerprint density at radius 2 is 1.33 bits per heavy atom. The van der Waals surface area contributed by atoms with Crippen LogP contribution >= 0.6 is 0 Å². The topological polar surface area (TPSA) is 69.6 Å². The van der Waals surface area contributed by atoms with Crippen molar-refractivity contribution < 1.29 is 14.7 Å². The number of hydrogen-bond acceptors (Lipinski definition) is 3. The van der Waals surface area contributed by atoms with Crippen molar-refractivity contribution >= 4 is 11.9 Å². The van der Waals surface area contributed by atoms with Crippen LogP contribution in [-0.4, -0.2) is 48.6 Å². The molecule has 2 N–H and O–H groups in total. The van der Waals surface area contributed by atoms with Crippen molar-refractivity contribution in [2.24, 2.45) is 0 Å². The largest absolute Gasteiger partial charge is 0.480 e. The number of aliphatic carboxylic acids is 1. The van der Waals surface area contributed by atoms with Crippen LogP contribution in [-0.2, 0) is 9.59 Å². The van der Waals surface area contributed by atoms with Crippen LogP contribution < -0.4 is 5.32 Å². The van der Waals surface area contributed by atoms with E-state index in [0.29, 0.717) is 19.4 Å². The molecule has 0 aliphatic heterocycles. The van der Waals surface area contributed by atoms with Crippen molar-refractivity contribution in [1.82, 2.24) is 10.2 Å². The monoisotopic (exact) mass is 424 g/mol. The van der Waals surface area contributed by atoms with Gasteiger partial charge in [0.1, 0.15) is 6.04 Å². The molecule has 5 heteroatoms. The summed E-state index contributed by atoms with van der Waals surface area (Å²) in [6.07, 6.45) is 21.5. The third-order valence-electron chi connectivity index (χ3n) is 5.70. The zero-order chi connectivity index (χ0) is 22.5. The molecule has 30 heavy (non-hydrogen) atoms. The molecule has 5 nitrogen and oxygen atoms in total. The van der Waals surface area contributed by atoms with E-state index in [1.807, 2.05) is 6.08 Å². The molecule has 1 atom stereocenters. The van der Waals surface area contributed by atoms with E-state index >= 15 is 0 Å². The molecule has 1 amide bonds. The molecule has 176 valence electrons. The second kappa shape index (κ2) is 20.9. The van der Waals surface area contributed by atoms with E-state index in [1.54, 1.807) is 19.0 Å². The number of rotatable bonds is 22. The number of allylic oxidation sites excluding steroid dienone is 1. The van der Waals surface area contributed by atoms with Gasteiger partial charge in [0.05, 0.1) is 0 Å². The van der Waals surface area contributed by atoms with Crippen LogP contribution in [0, 0.1) is 0 Å². The van der Waals surface area contributed by atoms with Gasteiger partial charge in [0.25, 0.3) is 0 Å². The Morgan fingerprint density at radius 1 is 0.833 bits per heavy atom. The van der Waals surface area contributed by atoms with E-state index in [4.69, 9.17) is 5.11 Å². The second-order valence-electron chi connectivity index (χ2n) is 8.73. The zero-order valence-corrected chi connectivity index (χ0v) is 19.8. The van der Waals surface area contributed by atoms with Crippen molar-refractivity contribution in [3.63, 3.8) is 0 Å². The Kier molecular flexibility index (Phi) is 19.9. The average molecular weight is 425 g/mol. The highest BCUT2D eigenvalue weighted by Gasteiger charge is 2.18. The van der Waals surface area contributed by atoms with Gasteiger partial charge >= 0.3 is 5.97 Å². The number of hydrogen-bond donors (Lipinski definition) is 2. The molecule has 0 aliphatic carbocycles. The number of unbranched alkanes of at least 4 members (excludes halogenated alkanes) is 13. The summed E-state index contributed by atoms with van der Waals surface area (Å²) in [6.45, 7) is 4.40. The summed E-state index contributed by atoms with van der Waals surface area (Å²) >= 11 is 0. The highest BCUT2D eigenvalue weighted by atomic mass is 16.4. The molecule has 0 saturated carbocycles. The van der Waals surface area contributed by atoms with Crippen molar-refractivity contribution in [3.05, 3.63) is 12.7 Å². The van der Waals surface area contributed by atoms with Gasteiger partial charge in [-0.3, -0.25) is 14.5 Å². The highest BCUT2D eigenvalue weighted by Crippen LogP contribution is 2.13. The zero-order valence-electron chi connectivity index (χ0n) is 19.8. The van der Waals surface area contributed by atoms with Crippen LogP contribution in [0.4, 0.5) is 0 Å². The molecule has 0 heterocycles. The van der Waals surface area contributed by atoms with E-state index in [9.17, 15) is 9.59 Å². The SMILES string of the molecule is C=CCCCCCCCCCCCCCCC(=O)NCCCC[C@@H](C(=O)O)N(C)C. The van der Waals surface area contributed by atoms with Gasteiger partial charge in [-0.15, -0.1) is 6.58 Å². The van der Waals surface area contributed by atoms with E-state index in [0.717, 1.165) is 32.1 Å². The minimum Gasteiger partial charge on any atom is -0.480 e. The Hall–Kier alpha value is -1.36. The summed E-state index contributed by atoms with van der Waals surface area (Å²) in [4.78, 5) is 24.7. The van der Waals surface area contributed by atoms with E-state index in [-0.39, 0.29) is 5.91 Å². The van der Waals surface area contributed by atoms with Crippen LogP contribution in [0.5, 0.6) is 0 Å². The van der Waals surface area contributed by atoms with Crippen LogP contribution in [0.25, 0.3) is 0 Å². The minimum atomic E-state index is -0.779. The Balaban J connectivity index is 3.34. The van der Waals surface area contributed by atoms with Crippen molar-refractivity contribution in [2.75, 3.05) is 20.6 Å². The molecule has 0 aromatic rings. The molecule has 0 aromatic heterocycles. The van der Waals surface area contributed by atoms with Crippen molar-refractivity contribution in [1.29, 1.82) is 0 Å². The van der Waals surface area contributed by atoms with Gasteiger partial charge in [-0.05, 0) is 52.6 Å². The summed E-state index contributed by atoms with van der Waals surface area (Å²) in [7, 11) is 3.57. The maximum atomic E-state index is 11.9. The lowest BCUT2D eigenvalue weighted by atomic mass is 10.0. The maximum absolute atomic E-state index is 11.9. The third-order valence-corrected chi connectivity index (χ3v) is 5.70. The number of carboxylic acid groups (broad SMARTS) is 1. The molecule has 0 rings (SSSR count). The van der Waals surface area contributed by atoms with Gasteiger partial charge < -0.3 is 10.4 Å². The standard InChI is InChI=1S/C25H48N2O3/c1-4-5-6-7-8-9-10-11-12-13-14-15-16-17-21-24(28)26-22-19-18-20-23(25(29)30)27(2)3/h4,23H,1,5-22H2,2-3H3,(H,26,28)(H,29,30)/t23-/m0/s1. The first kappa shape index (κ1) is 28.6. The molecule has 0 bridgehead atoms. The van der Waals surface area contributed by atoms with E-state index < -0.39 is 12.0 Å². The number of amides is 1. The molecule has 0 aromatic carbocycles. The van der Waals surface area contributed by atoms with Crippen LogP contribution in [0.2, 0.25) is 0 Å². The first-order valence-corrected chi connectivity index (χ1v) is 12.3. The predicted molar refractivity (Wildman–Crippen MR) is 127 cm³/mol. The molecule has 0 unspecified atom stereocenters. The maximum Gasteiger partial charge on any atom is 0.320 e. The molecule has 0 aliphatic rings. The van der Waals surface area contributed by atoms with Crippen LogP contribution in [0.15, 0.2) is 12.7 Å². The van der Waals surface area contributed by atoms with Crippen LogP contribution in [0.3, 0.4) is 0 Å². The fraction of sp³-hybridized carbons (Fsp3) is 0.840. The number of carbonyl (C=O) groups excluding carboxylic acids is 1. The van der Waals surface area contributed by atoms with Gasteiger partial charge in [0.2, 0.25) is 5.91 Å². The first-order chi connectivity index (χ1) is 14.5. The van der Waals surface area contributed by atoms with Crippen LogP contribution in [0.1, 0.15) is 109 Å². The number of likely N-dealkylation sites (N-methyl/N-ethyl adjacent to an activating group) is 1. The van der Waals surface area contributed by atoms with Gasteiger partial charge in [0, 0.05) is 13.0 Å². The molecular formula is C25H48N2O3. The van der Waals surface area contributed by atoms with Gasteiger partial charge in [-0.1, -0.05) is 70.3 Å². The Morgan fingerprint density at radius 3 is 1.80 bits per heavy atom. The summed E-state index contributed by atoms with van der Waals surface area (Å²) < 4.78 is 0. The quantitative estimate of drug-likeness (QED) is 0.167. The van der Waals surface area contributed by atoms with Crippen molar-refractivity contribution in [3.8, 4) is 0 Å². The molecular weight excluding hydrogens is 376 g/mol. The number of nitrogens with one attached hydrogen (secondary N) is 1. The fourth-order valence-electron chi connectivity index (χ4n) is 3.72. The average Bonchev–Trinajstić information content (AvgIpc) is 2.70. The Labute approximate surface area is 185 Å². The molecule has 0 spiro atoms. The number of carboxylic acids is 1. The third kappa shape index (κ3) is 18.7. The summed E-state index contributed by atoms with van der Waals surface area (Å²) in [5, 5.41) is 12.1. The first-order valence-electron chi connectivity index (χ1n) is 12.3. The van der Waals surface area contributed by atoms with Gasteiger partial charge in [-0.25, -0.2) is 0 Å². The molecule has 0 fully saturated rings. The second-order valence-corrected chi connectivity index (χ2v) is 8.73. The lowest BCUT2D eigenvalue weighted by Crippen LogP contribution is -2.35. The fourth-order valence-corrected chi connectivity index (χ4v) is 3.72. The predicted octanol–water partition coefficient (Wildman–Crippen LogP) is 5.94. The summed E-state index contributed by atoms with van der Waals surface area (Å²) in [5.41, 5.74) is 0. The van der Waals surface area contributed by atoms with E-state index in [2.05, 4.69) is 11.9 Å². The Bertz CT molecular complexity index is 438. The summed E-state index contributed by atoms with van der Waals surface area (Å²) in [5.74, 6) is -0.649. The number of carbonyl (C=O) groups is 2. The normalized spacial score (nSPS) is 12.1. The lowest BCUT2D eigenvalue weighted by molar-refractivity contribution is -0.142. The van der Waals surface area contributed by atoms with Crippen molar-refractivity contribution in [2.45, 2.75) is 115 Å². The molecule has 0 saturated heterocycles. The lowest BCUT2D eigenvalue weighted by Gasteiger charge is -2.19. The van der Waals surface area contributed by atoms with Gasteiger partial charge in [0.15, 0.2) is 0 Å². The molecule has 0 radical (unpaired) electrons. The van der Waals surface area contributed by atoms with E-state index in [1.165, 1.54) is 64.2 Å². The smallest absolute Gasteiger partial charge is 0.320 e.